The van der Waals surface area contributed by atoms with Crippen LogP contribution in [0.25, 0.3) is 10.9 Å². The third-order valence-corrected chi connectivity index (χ3v) is 2.43. The number of aromatic amines is 1. The average Bonchev–Trinajstić information content (AvgIpc) is 2.26. The second kappa shape index (κ2) is 4.46. The molecule has 3 heteroatoms. The zero-order chi connectivity index (χ0) is 11.5. The topological polar surface area (TPSA) is 32.9 Å². The van der Waals surface area contributed by atoms with Crippen molar-refractivity contribution in [2.45, 2.75) is 6.92 Å². The van der Waals surface area contributed by atoms with E-state index in [1.807, 2.05) is 25.1 Å². The molecule has 1 heterocycles. The number of hydrogen-bond acceptors (Lipinski definition) is 2. The van der Waals surface area contributed by atoms with Gasteiger partial charge in [0.05, 0.1) is 5.75 Å². The van der Waals surface area contributed by atoms with Gasteiger partial charge < -0.3 is 4.98 Å². The molecule has 2 aromatic rings. The predicted molar refractivity (Wildman–Crippen MR) is 70.0 cm³/mol. The van der Waals surface area contributed by atoms with E-state index in [9.17, 15) is 4.79 Å². The van der Waals surface area contributed by atoms with Crippen LogP contribution in [0.4, 0.5) is 0 Å². The van der Waals surface area contributed by atoms with E-state index in [1.54, 1.807) is 6.07 Å². The van der Waals surface area contributed by atoms with Crippen molar-refractivity contribution in [3.63, 3.8) is 0 Å². The van der Waals surface area contributed by atoms with Crippen LogP contribution in [0.3, 0.4) is 0 Å². The van der Waals surface area contributed by atoms with Crippen molar-refractivity contribution in [3.05, 3.63) is 45.7 Å². The first-order valence-electron chi connectivity index (χ1n) is 4.94. The van der Waals surface area contributed by atoms with E-state index in [1.165, 1.54) is 0 Å². The zero-order valence-electron chi connectivity index (χ0n) is 8.87. The number of thiol groups is 1. The highest BCUT2D eigenvalue weighted by molar-refractivity contribution is 7.80. The number of benzene rings is 1. The fourth-order valence-corrected chi connectivity index (χ4v) is 1.68. The van der Waals surface area contributed by atoms with Gasteiger partial charge in [0.2, 0.25) is 0 Å². The van der Waals surface area contributed by atoms with Crippen molar-refractivity contribution in [1.29, 1.82) is 0 Å². The van der Waals surface area contributed by atoms with Gasteiger partial charge in [-0.15, -0.1) is 0 Å². The molecule has 0 bridgehead atoms. The Hall–Kier alpha value is -1.66. The first-order valence-corrected chi connectivity index (χ1v) is 5.57. The molecule has 0 atom stereocenters. The van der Waals surface area contributed by atoms with Crippen molar-refractivity contribution in [2.24, 2.45) is 0 Å². The highest BCUT2D eigenvalue weighted by Gasteiger charge is 2.00. The monoisotopic (exact) mass is 229 g/mol. The van der Waals surface area contributed by atoms with Crippen molar-refractivity contribution in [3.8, 4) is 11.8 Å². The highest BCUT2D eigenvalue weighted by Crippen LogP contribution is 2.10. The van der Waals surface area contributed by atoms with Crippen LogP contribution < -0.4 is 5.43 Å². The molecule has 0 aliphatic carbocycles. The van der Waals surface area contributed by atoms with E-state index in [0.29, 0.717) is 11.1 Å². The predicted octanol–water partition coefficient (Wildman–Crippen LogP) is 2.12. The maximum atomic E-state index is 11.7. The van der Waals surface area contributed by atoms with Gasteiger partial charge in [-0.05, 0) is 25.1 Å². The molecule has 0 fully saturated rings. The Morgan fingerprint density at radius 3 is 2.94 bits per heavy atom. The molecule has 16 heavy (non-hydrogen) atoms. The lowest BCUT2D eigenvalue weighted by atomic mass is 10.1. The Balaban J connectivity index is 2.67. The number of nitrogens with one attached hydrogen (secondary N) is 1. The molecular weight excluding hydrogens is 218 g/mol. The molecule has 0 spiro atoms. The van der Waals surface area contributed by atoms with Crippen LogP contribution in [0.1, 0.15) is 11.3 Å². The molecule has 0 radical (unpaired) electrons. The van der Waals surface area contributed by atoms with Gasteiger partial charge in [0.15, 0.2) is 5.43 Å². The fourth-order valence-electron chi connectivity index (χ4n) is 1.60. The van der Waals surface area contributed by atoms with Gasteiger partial charge >= 0.3 is 0 Å². The van der Waals surface area contributed by atoms with Crippen LogP contribution in [0.2, 0.25) is 0 Å². The molecule has 0 saturated heterocycles. The number of H-pyrrole nitrogens is 1. The summed E-state index contributed by atoms with van der Waals surface area (Å²) >= 11 is 4.02. The van der Waals surface area contributed by atoms with E-state index >= 15 is 0 Å². The fraction of sp³-hybridized carbons (Fsp3) is 0.154. The second-order valence-corrected chi connectivity index (χ2v) is 3.85. The minimum absolute atomic E-state index is 0.0285. The van der Waals surface area contributed by atoms with Gasteiger partial charge in [-0.25, -0.2) is 0 Å². The Labute approximate surface area is 99.1 Å². The highest BCUT2D eigenvalue weighted by atomic mass is 32.1. The lowest BCUT2D eigenvalue weighted by molar-refractivity contribution is 1.24. The van der Waals surface area contributed by atoms with Crippen LogP contribution in [-0.4, -0.2) is 10.7 Å². The van der Waals surface area contributed by atoms with Gasteiger partial charge in [0.25, 0.3) is 0 Å². The summed E-state index contributed by atoms with van der Waals surface area (Å²) < 4.78 is 0. The number of pyridine rings is 1. The molecule has 2 rings (SSSR count). The number of aromatic nitrogens is 1. The Kier molecular flexibility index (Phi) is 3.02. The van der Waals surface area contributed by atoms with Crippen molar-refractivity contribution >= 4 is 23.5 Å². The van der Waals surface area contributed by atoms with Crippen LogP contribution in [0, 0.1) is 18.8 Å². The van der Waals surface area contributed by atoms with Crippen molar-refractivity contribution in [2.75, 3.05) is 5.75 Å². The molecule has 1 N–H and O–H groups in total. The van der Waals surface area contributed by atoms with Crippen LogP contribution in [-0.2, 0) is 0 Å². The van der Waals surface area contributed by atoms with E-state index in [2.05, 4.69) is 29.5 Å². The van der Waals surface area contributed by atoms with Crippen LogP contribution in [0.5, 0.6) is 0 Å². The summed E-state index contributed by atoms with van der Waals surface area (Å²) in [6.07, 6.45) is 0. The third kappa shape index (κ3) is 2.12. The van der Waals surface area contributed by atoms with Crippen molar-refractivity contribution in [1.82, 2.24) is 4.98 Å². The lowest BCUT2D eigenvalue weighted by Crippen LogP contribution is -2.02. The summed E-state index contributed by atoms with van der Waals surface area (Å²) in [6.45, 7) is 1.87. The minimum atomic E-state index is 0.0285. The van der Waals surface area contributed by atoms with Gasteiger partial charge in [0, 0.05) is 28.2 Å². The summed E-state index contributed by atoms with van der Waals surface area (Å²) in [6, 6.07) is 7.18. The molecule has 1 aromatic heterocycles. The normalized spacial score (nSPS) is 9.88. The number of hydrogen-bond donors (Lipinski definition) is 2. The summed E-state index contributed by atoms with van der Waals surface area (Å²) in [5, 5.41) is 0.677. The standard InChI is InChI=1S/C13H11NOS/c1-9-7-13(15)11-8-10(3-2-6-16)4-5-12(11)14-9/h4-5,7-8,16H,6H2,1H3,(H,14,15). The summed E-state index contributed by atoms with van der Waals surface area (Å²) in [7, 11) is 0. The third-order valence-electron chi connectivity index (χ3n) is 2.28. The number of fused-ring (bicyclic) bond motifs is 1. The molecule has 0 aliphatic heterocycles. The first kappa shape index (κ1) is 10.8. The van der Waals surface area contributed by atoms with Gasteiger partial charge in [-0.2, -0.15) is 12.6 Å². The van der Waals surface area contributed by atoms with E-state index in [0.717, 1.165) is 16.8 Å². The van der Waals surface area contributed by atoms with Crippen LogP contribution in [0.15, 0.2) is 29.1 Å². The second-order valence-electron chi connectivity index (χ2n) is 3.54. The van der Waals surface area contributed by atoms with E-state index < -0.39 is 0 Å². The maximum Gasteiger partial charge on any atom is 0.189 e. The Morgan fingerprint density at radius 1 is 1.38 bits per heavy atom. The zero-order valence-corrected chi connectivity index (χ0v) is 9.77. The largest absolute Gasteiger partial charge is 0.358 e. The summed E-state index contributed by atoms with van der Waals surface area (Å²) in [4.78, 5) is 14.9. The Morgan fingerprint density at radius 2 is 2.19 bits per heavy atom. The minimum Gasteiger partial charge on any atom is -0.358 e. The van der Waals surface area contributed by atoms with E-state index in [4.69, 9.17) is 0 Å². The molecule has 2 nitrogen and oxygen atoms in total. The molecule has 0 amide bonds. The SMILES string of the molecule is Cc1cc(=O)c2cc(C#CCS)ccc2[nH]1. The Bertz CT molecular complexity index is 646. The quantitative estimate of drug-likeness (QED) is 0.526. The number of rotatable bonds is 0. The van der Waals surface area contributed by atoms with Crippen LogP contribution >= 0.6 is 12.6 Å². The molecule has 0 saturated carbocycles. The lowest BCUT2D eigenvalue weighted by Gasteiger charge is -2.00. The summed E-state index contributed by atoms with van der Waals surface area (Å²) in [5.41, 5.74) is 2.59. The molecule has 0 unspecified atom stereocenters. The average molecular weight is 229 g/mol. The first-order chi connectivity index (χ1) is 7.70. The molecular formula is C13H11NOS. The molecule has 1 aromatic carbocycles. The maximum absolute atomic E-state index is 11.7. The molecule has 0 aliphatic rings. The van der Waals surface area contributed by atoms with Gasteiger partial charge in [-0.1, -0.05) is 11.8 Å². The van der Waals surface area contributed by atoms with Gasteiger partial charge in [-0.3, -0.25) is 4.79 Å². The smallest absolute Gasteiger partial charge is 0.189 e. The molecule has 80 valence electrons. The summed E-state index contributed by atoms with van der Waals surface area (Å²) in [5.74, 6) is 6.33. The van der Waals surface area contributed by atoms with Gasteiger partial charge in [0.1, 0.15) is 0 Å². The number of aryl methyl sites for hydroxylation is 1. The van der Waals surface area contributed by atoms with E-state index in [-0.39, 0.29) is 5.43 Å². The van der Waals surface area contributed by atoms with Crippen molar-refractivity contribution < 1.29 is 0 Å².